The first-order valence-corrected chi connectivity index (χ1v) is 4.29. The second-order valence-corrected chi connectivity index (χ2v) is 3.84. The Bertz CT molecular complexity index is 11.2. The van der Waals surface area contributed by atoms with E-state index in [4.69, 9.17) is 0 Å². The van der Waals surface area contributed by atoms with E-state index in [9.17, 15) is 0 Å². The molecule has 0 spiro atoms. The first kappa shape index (κ1) is 2.78. The van der Waals surface area contributed by atoms with Gasteiger partial charge < -0.3 is 0 Å². The van der Waals surface area contributed by atoms with Gasteiger partial charge in [0, 0.05) is 0 Å². The van der Waals surface area contributed by atoms with Crippen molar-refractivity contribution < 1.29 is 0 Å². The third-order valence-electron chi connectivity index (χ3n) is 0.632. The molecule has 0 amide bonds. The fraction of sp³-hybridized carbons (Fsp3) is 1.00. The number of rotatable bonds is 0. The molecule has 1 saturated heterocycles. The molecule has 4 heavy (non-hydrogen) atoms. The van der Waals surface area contributed by atoms with Gasteiger partial charge in [-0.25, -0.2) is 0 Å². The Morgan fingerprint density at radius 3 is 1.50 bits per heavy atom. The van der Waals surface area contributed by atoms with Crippen LogP contribution in [0, 0.1) is 0 Å². The third kappa shape index (κ3) is 0.299. The summed E-state index contributed by atoms with van der Waals surface area (Å²) < 4.78 is 0. The van der Waals surface area contributed by atoms with Crippen molar-refractivity contribution in [3.8, 4) is 0 Å². The van der Waals surface area contributed by atoms with E-state index in [1.807, 2.05) is 0 Å². The average molecular weight is 117 g/mol. The quantitative estimate of drug-likeness (QED) is 0.414. The summed E-state index contributed by atoms with van der Waals surface area (Å²) in [4.78, 5) is 0. The molecule has 23 valence electrons. The zero-order valence-corrected chi connectivity index (χ0v) is 4.45. The van der Waals surface area contributed by atoms with Crippen molar-refractivity contribution in [1.82, 2.24) is 0 Å². The van der Waals surface area contributed by atoms with Gasteiger partial charge in [-0.15, -0.1) is 0 Å². The van der Waals surface area contributed by atoms with Crippen LogP contribution in [0.1, 0.15) is 6.42 Å². The van der Waals surface area contributed by atoms with Gasteiger partial charge in [-0.2, -0.15) is 0 Å². The number of hydrogen-bond acceptors (Lipinski definition) is 0. The van der Waals surface area contributed by atoms with Crippen LogP contribution in [0.2, 0.25) is 10.4 Å². The molecule has 1 fully saturated rings. The fourth-order valence-electron chi connectivity index (χ4n) is 0.158. The summed E-state index contributed by atoms with van der Waals surface area (Å²) in [7, 11) is 0. The van der Waals surface area contributed by atoms with E-state index in [-0.39, 0.29) is 0 Å². The molecule has 1 aliphatic heterocycles. The molecule has 0 aliphatic carbocycles. The standard InChI is InChI=1S/C3H6As/c1-2-4-3-1/h1-3H2. The van der Waals surface area contributed by atoms with Gasteiger partial charge in [0.15, 0.2) is 0 Å². The SMILES string of the molecule is C1C[As]C1. The van der Waals surface area contributed by atoms with Gasteiger partial charge in [0.2, 0.25) is 0 Å². The zero-order valence-electron chi connectivity index (χ0n) is 2.57. The molecule has 1 rings (SSSR count). The molecule has 0 unspecified atom stereocenters. The van der Waals surface area contributed by atoms with E-state index in [1.54, 1.807) is 16.8 Å². The summed E-state index contributed by atoms with van der Waals surface area (Å²) in [6, 6.07) is 0. The predicted molar refractivity (Wildman–Crippen MR) is 20.0 cm³/mol. The monoisotopic (exact) mass is 117 g/mol. The van der Waals surface area contributed by atoms with Crippen molar-refractivity contribution in [1.29, 1.82) is 0 Å². The first-order valence-electron chi connectivity index (χ1n) is 1.63. The third-order valence-corrected chi connectivity index (χ3v) is 3.29. The summed E-state index contributed by atoms with van der Waals surface area (Å²) in [5.41, 5.74) is 0. The Labute approximate surface area is 33.3 Å². The van der Waals surface area contributed by atoms with E-state index >= 15 is 0 Å². The van der Waals surface area contributed by atoms with Crippen LogP contribution in [0.25, 0.3) is 0 Å². The minimum absolute atomic E-state index is 0.896. The Balaban J connectivity index is 2.00. The molecule has 0 saturated carbocycles. The van der Waals surface area contributed by atoms with E-state index in [0.29, 0.717) is 0 Å². The molecular formula is C3H6As. The van der Waals surface area contributed by atoms with Crippen LogP contribution in [0.4, 0.5) is 0 Å². The van der Waals surface area contributed by atoms with Crippen LogP contribution in [0.5, 0.6) is 0 Å². The van der Waals surface area contributed by atoms with Crippen molar-refractivity contribution in [2.75, 3.05) is 0 Å². The van der Waals surface area contributed by atoms with E-state index < -0.39 is 0 Å². The van der Waals surface area contributed by atoms with Crippen LogP contribution >= 0.6 is 0 Å². The Hall–Kier alpha value is 0.558. The zero-order chi connectivity index (χ0) is 2.83. The predicted octanol–water partition coefficient (Wildman–Crippen LogP) is 0.931. The Kier molecular flexibility index (Phi) is 0.778. The molecule has 1 heterocycles. The molecule has 0 aromatic heterocycles. The van der Waals surface area contributed by atoms with Gasteiger partial charge in [-0.3, -0.25) is 0 Å². The van der Waals surface area contributed by atoms with Crippen LogP contribution < -0.4 is 0 Å². The van der Waals surface area contributed by atoms with E-state index in [2.05, 4.69) is 0 Å². The Morgan fingerprint density at radius 1 is 1.25 bits per heavy atom. The van der Waals surface area contributed by atoms with Gasteiger partial charge in [0.25, 0.3) is 0 Å². The molecule has 1 radical (unpaired) electrons. The summed E-state index contributed by atoms with van der Waals surface area (Å²) in [6.07, 6.45) is 1.54. The second-order valence-electron chi connectivity index (χ2n) is 1.02. The van der Waals surface area contributed by atoms with Crippen LogP contribution in [-0.4, -0.2) is 15.8 Å². The molecule has 0 aromatic rings. The normalized spacial score (nSPS) is 24.0. The van der Waals surface area contributed by atoms with Gasteiger partial charge in [-0.05, 0) is 0 Å². The van der Waals surface area contributed by atoms with Crippen molar-refractivity contribution in [2.45, 2.75) is 16.8 Å². The van der Waals surface area contributed by atoms with E-state index in [0.717, 1.165) is 15.8 Å². The van der Waals surface area contributed by atoms with Gasteiger partial charge in [0.05, 0.1) is 0 Å². The summed E-state index contributed by atoms with van der Waals surface area (Å²) in [5, 5.41) is 3.19. The maximum atomic E-state index is 1.59. The minimum atomic E-state index is 0.896. The van der Waals surface area contributed by atoms with E-state index in [1.165, 1.54) is 0 Å². The molecule has 0 atom stereocenters. The maximum absolute atomic E-state index is 1.59. The summed E-state index contributed by atoms with van der Waals surface area (Å²) in [5.74, 6) is 0. The first-order chi connectivity index (χ1) is 2.00. The topological polar surface area (TPSA) is 0 Å². The summed E-state index contributed by atoms with van der Waals surface area (Å²) in [6.45, 7) is 0. The average Bonchev–Trinajstić information content (AvgIpc) is 0.722. The van der Waals surface area contributed by atoms with Crippen LogP contribution in [0.15, 0.2) is 0 Å². The van der Waals surface area contributed by atoms with Gasteiger partial charge >= 0.3 is 32.6 Å². The molecule has 1 heteroatoms. The van der Waals surface area contributed by atoms with Crippen LogP contribution in [-0.2, 0) is 0 Å². The van der Waals surface area contributed by atoms with Crippen molar-refractivity contribution >= 4 is 15.8 Å². The van der Waals surface area contributed by atoms with Crippen molar-refractivity contribution in [2.24, 2.45) is 0 Å². The molecule has 0 nitrogen and oxygen atoms in total. The van der Waals surface area contributed by atoms with Crippen molar-refractivity contribution in [3.63, 3.8) is 0 Å². The van der Waals surface area contributed by atoms with Crippen molar-refractivity contribution in [3.05, 3.63) is 0 Å². The molecule has 0 aromatic carbocycles. The molecular weight excluding hydrogens is 111 g/mol. The van der Waals surface area contributed by atoms with Gasteiger partial charge in [0.1, 0.15) is 0 Å². The molecule has 1 aliphatic rings. The number of hydrogen-bond donors (Lipinski definition) is 0. The fourth-order valence-corrected chi connectivity index (χ4v) is 0.822. The second kappa shape index (κ2) is 1.12. The van der Waals surface area contributed by atoms with Crippen LogP contribution in [0.3, 0.4) is 0 Å². The molecule has 0 bridgehead atoms. The van der Waals surface area contributed by atoms with Gasteiger partial charge in [-0.1, -0.05) is 0 Å². The Morgan fingerprint density at radius 2 is 1.50 bits per heavy atom. The summed E-state index contributed by atoms with van der Waals surface area (Å²) >= 11 is 0.896. The molecule has 0 N–H and O–H groups in total.